The van der Waals surface area contributed by atoms with Crippen LogP contribution in [0.4, 0.5) is 10.9 Å². The number of carbonyl (C=O) groups excluding carboxylic acids is 1. The van der Waals surface area contributed by atoms with Crippen LogP contribution in [0.15, 0.2) is 53.0 Å². The third kappa shape index (κ3) is 5.70. The normalized spacial score (nSPS) is 10.4. The van der Waals surface area contributed by atoms with E-state index in [9.17, 15) is 4.79 Å². The summed E-state index contributed by atoms with van der Waals surface area (Å²) in [6.07, 6.45) is 1.49. The molecule has 3 aromatic rings. The maximum atomic E-state index is 11.9. The standard InChI is InChI=1S/C16H14ClN5OS2/c17-12-6-7-13(18-9-12)20-14(23)10-24-16-22-21-15(25-16)19-8-11-4-2-1-3-5-11/h1-7,9H,8,10H2,(H,19,21)(H,18,20,23). The van der Waals surface area contributed by atoms with E-state index >= 15 is 0 Å². The van der Waals surface area contributed by atoms with Crippen molar-refractivity contribution in [3.63, 3.8) is 0 Å². The zero-order chi connectivity index (χ0) is 17.5. The molecule has 0 unspecified atom stereocenters. The predicted octanol–water partition coefficient (Wildman–Crippen LogP) is 3.93. The van der Waals surface area contributed by atoms with Gasteiger partial charge >= 0.3 is 0 Å². The van der Waals surface area contributed by atoms with Crippen molar-refractivity contribution in [1.82, 2.24) is 15.2 Å². The van der Waals surface area contributed by atoms with Crippen molar-refractivity contribution in [2.24, 2.45) is 0 Å². The molecule has 0 saturated heterocycles. The van der Waals surface area contributed by atoms with Crippen LogP contribution in [0.25, 0.3) is 0 Å². The van der Waals surface area contributed by atoms with E-state index in [0.717, 1.165) is 9.47 Å². The van der Waals surface area contributed by atoms with Crippen molar-refractivity contribution >= 4 is 51.6 Å². The Bertz CT molecular complexity index is 826. The Morgan fingerprint density at radius 1 is 1.16 bits per heavy atom. The predicted molar refractivity (Wildman–Crippen MR) is 102 cm³/mol. The molecular formula is C16H14ClN5OS2. The molecule has 0 aliphatic heterocycles. The number of carbonyl (C=O) groups is 1. The van der Waals surface area contributed by atoms with Crippen LogP contribution in [-0.4, -0.2) is 26.8 Å². The van der Waals surface area contributed by atoms with Crippen molar-refractivity contribution in [3.05, 3.63) is 59.2 Å². The average Bonchev–Trinajstić information content (AvgIpc) is 3.09. The molecule has 2 heterocycles. The van der Waals surface area contributed by atoms with Gasteiger partial charge in [-0.2, -0.15) is 0 Å². The minimum absolute atomic E-state index is 0.159. The maximum Gasteiger partial charge on any atom is 0.235 e. The number of hydrogen-bond donors (Lipinski definition) is 2. The van der Waals surface area contributed by atoms with Gasteiger partial charge in [0.25, 0.3) is 0 Å². The Morgan fingerprint density at radius 3 is 2.76 bits per heavy atom. The molecule has 2 N–H and O–H groups in total. The van der Waals surface area contributed by atoms with E-state index in [1.807, 2.05) is 30.3 Å². The third-order valence-corrected chi connectivity index (χ3v) is 5.25. The van der Waals surface area contributed by atoms with Gasteiger partial charge in [-0.3, -0.25) is 4.79 Å². The van der Waals surface area contributed by atoms with Gasteiger partial charge in [-0.05, 0) is 17.7 Å². The molecule has 0 atom stereocenters. The zero-order valence-corrected chi connectivity index (χ0v) is 15.4. The highest BCUT2D eigenvalue weighted by Crippen LogP contribution is 2.25. The number of thioether (sulfide) groups is 1. The second-order valence-electron chi connectivity index (χ2n) is 4.91. The molecule has 0 saturated carbocycles. The molecule has 0 bridgehead atoms. The number of hydrogen-bond acceptors (Lipinski definition) is 7. The largest absolute Gasteiger partial charge is 0.356 e. The van der Waals surface area contributed by atoms with Crippen LogP contribution >= 0.6 is 34.7 Å². The molecule has 0 radical (unpaired) electrons. The Morgan fingerprint density at radius 2 is 2.00 bits per heavy atom. The molecule has 3 rings (SSSR count). The van der Waals surface area contributed by atoms with Crippen LogP contribution in [0.2, 0.25) is 5.02 Å². The summed E-state index contributed by atoms with van der Waals surface area (Å²) in [4.78, 5) is 15.9. The fourth-order valence-electron chi connectivity index (χ4n) is 1.87. The van der Waals surface area contributed by atoms with Crippen LogP contribution in [0.1, 0.15) is 5.56 Å². The first kappa shape index (κ1) is 17.7. The molecule has 6 nitrogen and oxygen atoms in total. The number of anilines is 2. The Balaban J connectivity index is 1.45. The van der Waals surface area contributed by atoms with E-state index in [4.69, 9.17) is 11.6 Å². The average molecular weight is 392 g/mol. The molecule has 9 heteroatoms. The minimum atomic E-state index is -0.159. The lowest BCUT2D eigenvalue weighted by atomic mass is 10.2. The molecule has 1 amide bonds. The van der Waals surface area contributed by atoms with E-state index in [-0.39, 0.29) is 11.7 Å². The van der Waals surface area contributed by atoms with E-state index in [0.29, 0.717) is 17.4 Å². The summed E-state index contributed by atoms with van der Waals surface area (Å²) < 4.78 is 0.731. The second-order valence-corrected chi connectivity index (χ2v) is 7.55. The SMILES string of the molecule is O=C(CSc1nnc(NCc2ccccc2)s1)Nc1ccc(Cl)cn1. The van der Waals surface area contributed by atoms with Gasteiger partial charge in [0, 0.05) is 12.7 Å². The Hall–Kier alpha value is -2.16. The molecule has 0 aliphatic rings. The third-order valence-electron chi connectivity index (χ3n) is 3.01. The smallest absolute Gasteiger partial charge is 0.235 e. The number of nitrogens with one attached hydrogen (secondary N) is 2. The van der Waals surface area contributed by atoms with Crippen molar-refractivity contribution in [1.29, 1.82) is 0 Å². The van der Waals surface area contributed by atoms with Crippen LogP contribution in [0.3, 0.4) is 0 Å². The topological polar surface area (TPSA) is 79.8 Å². The van der Waals surface area contributed by atoms with Crippen LogP contribution in [-0.2, 0) is 11.3 Å². The zero-order valence-electron chi connectivity index (χ0n) is 13.0. The van der Waals surface area contributed by atoms with E-state index in [1.165, 1.54) is 34.9 Å². The first-order chi connectivity index (χ1) is 12.2. The van der Waals surface area contributed by atoms with Gasteiger partial charge in [-0.1, -0.05) is 65.0 Å². The summed E-state index contributed by atoms with van der Waals surface area (Å²) in [7, 11) is 0. The number of benzene rings is 1. The summed E-state index contributed by atoms with van der Waals surface area (Å²) in [5, 5.41) is 15.3. The number of pyridine rings is 1. The van der Waals surface area contributed by atoms with Crippen molar-refractivity contribution in [3.8, 4) is 0 Å². The fourth-order valence-corrected chi connectivity index (χ4v) is 3.53. The summed E-state index contributed by atoms with van der Waals surface area (Å²) in [5.41, 5.74) is 1.17. The van der Waals surface area contributed by atoms with Gasteiger partial charge in [-0.25, -0.2) is 4.98 Å². The molecule has 1 aromatic carbocycles. The highest BCUT2D eigenvalue weighted by molar-refractivity contribution is 8.01. The van der Waals surface area contributed by atoms with Crippen LogP contribution in [0.5, 0.6) is 0 Å². The quantitative estimate of drug-likeness (QED) is 0.594. The summed E-state index contributed by atoms with van der Waals surface area (Å²) in [6, 6.07) is 13.4. The molecule has 0 spiro atoms. The van der Waals surface area contributed by atoms with Crippen molar-refractivity contribution in [2.75, 3.05) is 16.4 Å². The molecular weight excluding hydrogens is 378 g/mol. The van der Waals surface area contributed by atoms with Gasteiger partial charge in [0.15, 0.2) is 4.34 Å². The highest BCUT2D eigenvalue weighted by Gasteiger charge is 2.09. The highest BCUT2D eigenvalue weighted by atomic mass is 35.5. The molecule has 0 fully saturated rings. The van der Waals surface area contributed by atoms with Gasteiger partial charge in [0.05, 0.1) is 10.8 Å². The van der Waals surface area contributed by atoms with E-state index in [2.05, 4.69) is 25.8 Å². The first-order valence-corrected chi connectivity index (χ1v) is 9.52. The van der Waals surface area contributed by atoms with E-state index < -0.39 is 0 Å². The number of aromatic nitrogens is 3. The fraction of sp³-hybridized carbons (Fsp3) is 0.125. The van der Waals surface area contributed by atoms with Gasteiger partial charge < -0.3 is 10.6 Å². The summed E-state index contributed by atoms with van der Waals surface area (Å²) >= 11 is 8.51. The van der Waals surface area contributed by atoms with Crippen molar-refractivity contribution < 1.29 is 4.79 Å². The summed E-state index contributed by atoms with van der Waals surface area (Å²) in [6.45, 7) is 0.683. The lowest BCUT2D eigenvalue weighted by molar-refractivity contribution is -0.113. The number of amides is 1. The van der Waals surface area contributed by atoms with Crippen LogP contribution in [0, 0.1) is 0 Å². The van der Waals surface area contributed by atoms with Gasteiger partial charge in [-0.15, -0.1) is 10.2 Å². The number of halogens is 1. The number of rotatable bonds is 7. The Kier molecular flexibility index (Phi) is 6.21. The van der Waals surface area contributed by atoms with E-state index in [1.54, 1.807) is 12.1 Å². The van der Waals surface area contributed by atoms with Gasteiger partial charge in [0.2, 0.25) is 11.0 Å². The minimum Gasteiger partial charge on any atom is -0.356 e. The molecule has 2 aromatic heterocycles. The molecule has 128 valence electrons. The summed E-state index contributed by atoms with van der Waals surface area (Å²) in [5.74, 6) is 0.545. The number of nitrogens with zero attached hydrogens (tertiary/aromatic N) is 3. The lowest BCUT2D eigenvalue weighted by Gasteiger charge is -2.02. The molecule has 25 heavy (non-hydrogen) atoms. The van der Waals surface area contributed by atoms with Crippen molar-refractivity contribution in [2.45, 2.75) is 10.9 Å². The van der Waals surface area contributed by atoms with Gasteiger partial charge in [0.1, 0.15) is 5.82 Å². The van der Waals surface area contributed by atoms with Crippen LogP contribution < -0.4 is 10.6 Å². The Labute approximate surface area is 158 Å². The maximum absolute atomic E-state index is 11.9. The second kappa shape index (κ2) is 8.80. The lowest BCUT2D eigenvalue weighted by Crippen LogP contribution is -2.14. The first-order valence-electron chi connectivity index (χ1n) is 7.34. The molecule has 0 aliphatic carbocycles. The monoisotopic (exact) mass is 391 g/mol.